The summed E-state index contributed by atoms with van der Waals surface area (Å²) < 4.78 is 5.33. The Morgan fingerprint density at radius 3 is 1.00 bits per heavy atom. The van der Waals surface area contributed by atoms with Gasteiger partial charge in [0.2, 0.25) is 0 Å². The lowest BCUT2D eigenvalue weighted by atomic mass is 10.0. The molecular formula is C30H62O3. The maximum Gasteiger partial charge on any atom is 0.100 e. The monoisotopic (exact) mass is 470 g/mol. The molecule has 200 valence electrons. The fourth-order valence-electron chi connectivity index (χ4n) is 4.62. The van der Waals surface area contributed by atoms with E-state index in [1.807, 2.05) is 0 Å². The summed E-state index contributed by atoms with van der Waals surface area (Å²) in [6, 6.07) is 0. The molecule has 0 radical (unpaired) electrons. The van der Waals surface area contributed by atoms with Crippen molar-refractivity contribution in [1.82, 2.24) is 0 Å². The lowest BCUT2D eigenvalue weighted by Crippen LogP contribution is -2.19. The van der Waals surface area contributed by atoms with Crippen LogP contribution in [0.25, 0.3) is 0 Å². The molecule has 0 aliphatic heterocycles. The second-order valence-corrected chi connectivity index (χ2v) is 10.4. The minimum atomic E-state index is -0.718. The predicted molar refractivity (Wildman–Crippen MR) is 145 cm³/mol. The first kappa shape index (κ1) is 32.9. The van der Waals surface area contributed by atoms with Crippen molar-refractivity contribution >= 4 is 0 Å². The Morgan fingerprint density at radius 1 is 0.455 bits per heavy atom. The SMILES string of the molecule is CCCCCCCCCCCCCCCCCCCCCCCCCCCOCC(O)CO. The standard InChI is InChI=1S/C30H62O3/c1-2-3-4-5-6-7-8-9-10-11-12-13-14-15-16-17-18-19-20-21-22-23-24-25-26-27-33-29-30(32)28-31/h30-32H,2-29H2,1H3. The van der Waals surface area contributed by atoms with Gasteiger partial charge in [0.1, 0.15) is 6.10 Å². The Morgan fingerprint density at radius 2 is 0.727 bits per heavy atom. The summed E-state index contributed by atoms with van der Waals surface area (Å²) in [4.78, 5) is 0. The van der Waals surface area contributed by atoms with Gasteiger partial charge < -0.3 is 14.9 Å². The van der Waals surface area contributed by atoms with Gasteiger partial charge in [-0.2, -0.15) is 0 Å². The third-order valence-electron chi connectivity index (χ3n) is 6.91. The van der Waals surface area contributed by atoms with E-state index in [2.05, 4.69) is 6.92 Å². The van der Waals surface area contributed by atoms with Gasteiger partial charge in [0.25, 0.3) is 0 Å². The summed E-state index contributed by atoms with van der Waals surface area (Å²) in [5.41, 5.74) is 0. The van der Waals surface area contributed by atoms with Crippen LogP contribution in [0, 0.1) is 0 Å². The molecule has 0 aliphatic carbocycles. The molecule has 0 saturated heterocycles. The highest BCUT2D eigenvalue weighted by atomic mass is 16.5. The average molecular weight is 471 g/mol. The normalized spacial score (nSPS) is 12.5. The second kappa shape index (κ2) is 29.9. The van der Waals surface area contributed by atoms with Crippen molar-refractivity contribution in [3.8, 4) is 0 Å². The number of rotatable bonds is 29. The Balaban J connectivity index is 3.01. The smallest absolute Gasteiger partial charge is 0.100 e. The van der Waals surface area contributed by atoms with E-state index < -0.39 is 6.10 Å². The van der Waals surface area contributed by atoms with Crippen LogP contribution in [-0.4, -0.2) is 36.1 Å². The van der Waals surface area contributed by atoms with E-state index in [1.54, 1.807) is 0 Å². The van der Waals surface area contributed by atoms with E-state index in [9.17, 15) is 5.11 Å². The van der Waals surface area contributed by atoms with E-state index >= 15 is 0 Å². The van der Waals surface area contributed by atoms with E-state index in [0.29, 0.717) is 6.61 Å². The fraction of sp³-hybridized carbons (Fsp3) is 1.00. The van der Waals surface area contributed by atoms with Crippen molar-refractivity contribution in [2.45, 2.75) is 174 Å². The highest BCUT2D eigenvalue weighted by molar-refractivity contribution is 4.52. The molecule has 33 heavy (non-hydrogen) atoms. The summed E-state index contributed by atoms with van der Waals surface area (Å²) in [6.07, 6.45) is 34.6. The first-order chi connectivity index (χ1) is 16.3. The van der Waals surface area contributed by atoms with Crippen molar-refractivity contribution in [3.05, 3.63) is 0 Å². The molecule has 0 aliphatic rings. The molecule has 0 bridgehead atoms. The molecule has 3 nitrogen and oxygen atoms in total. The largest absolute Gasteiger partial charge is 0.394 e. The van der Waals surface area contributed by atoms with Crippen LogP contribution < -0.4 is 0 Å². The van der Waals surface area contributed by atoms with Crippen molar-refractivity contribution < 1.29 is 14.9 Å². The van der Waals surface area contributed by atoms with Crippen molar-refractivity contribution in [3.63, 3.8) is 0 Å². The summed E-state index contributed by atoms with van der Waals surface area (Å²) in [5.74, 6) is 0. The van der Waals surface area contributed by atoms with Gasteiger partial charge in [-0.3, -0.25) is 0 Å². The molecule has 0 saturated carbocycles. The van der Waals surface area contributed by atoms with Crippen LogP contribution >= 0.6 is 0 Å². The van der Waals surface area contributed by atoms with Gasteiger partial charge in [-0.1, -0.05) is 161 Å². The zero-order valence-electron chi connectivity index (χ0n) is 22.7. The fourth-order valence-corrected chi connectivity index (χ4v) is 4.62. The highest BCUT2D eigenvalue weighted by Gasteiger charge is 2.00. The minimum absolute atomic E-state index is 0.209. The van der Waals surface area contributed by atoms with Crippen molar-refractivity contribution in [2.24, 2.45) is 0 Å². The zero-order chi connectivity index (χ0) is 24.1. The Bertz CT molecular complexity index is 335. The molecule has 1 atom stereocenters. The molecule has 2 N–H and O–H groups in total. The molecule has 0 aromatic rings. The summed E-state index contributed by atoms with van der Waals surface area (Å²) >= 11 is 0. The second-order valence-electron chi connectivity index (χ2n) is 10.4. The number of hydrogen-bond acceptors (Lipinski definition) is 3. The van der Waals surface area contributed by atoms with Crippen LogP contribution in [0.1, 0.15) is 167 Å². The van der Waals surface area contributed by atoms with Crippen molar-refractivity contribution in [2.75, 3.05) is 19.8 Å². The van der Waals surface area contributed by atoms with E-state index in [-0.39, 0.29) is 13.2 Å². The molecule has 0 heterocycles. The molecule has 1 unspecified atom stereocenters. The van der Waals surface area contributed by atoms with Crippen LogP contribution in [-0.2, 0) is 4.74 Å². The summed E-state index contributed by atoms with van der Waals surface area (Å²) in [7, 11) is 0. The van der Waals surface area contributed by atoms with E-state index in [0.717, 1.165) is 6.42 Å². The molecule has 0 rings (SSSR count). The van der Waals surface area contributed by atoms with Gasteiger partial charge in [0.15, 0.2) is 0 Å². The molecule has 0 aromatic carbocycles. The Hall–Kier alpha value is -0.120. The van der Waals surface area contributed by atoms with Crippen LogP contribution in [0.4, 0.5) is 0 Å². The first-order valence-corrected chi connectivity index (χ1v) is 15.2. The van der Waals surface area contributed by atoms with E-state index in [1.165, 1.54) is 154 Å². The minimum Gasteiger partial charge on any atom is -0.394 e. The third-order valence-corrected chi connectivity index (χ3v) is 6.91. The summed E-state index contributed by atoms with van der Waals surface area (Å²) in [5, 5.41) is 17.9. The molecule has 0 spiro atoms. The van der Waals surface area contributed by atoms with E-state index in [4.69, 9.17) is 9.84 Å². The lowest BCUT2D eigenvalue weighted by molar-refractivity contribution is 0.00526. The number of unbranched alkanes of at least 4 members (excludes halogenated alkanes) is 24. The quantitative estimate of drug-likeness (QED) is 0.107. The van der Waals surface area contributed by atoms with Gasteiger partial charge in [-0.25, -0.2) is 0 Å². The maximum atomic E-state index is 9.18. The van der Waals surface area contributed by atoms with Gasteiger partial charge in [-0.05, 0) is 6.42 Å². The Labute approximate surface area is 208 Å². The lowest BCUT2D eigenvalue weighted by Gasteiger charge is -2.08. The summed E-state index contributed by atoms with van der Waals surface area (Å²) in [6.45, 7) is 3.05. The molecule has 0 fully saturated rings. The van der Waals surface area contributed by atoms with Crippen molar-refractivity contribution in [1.29, 1.82) is 0 Å². The Kier molecular flexibility index (Phi) is 29.8. The molecule has 3 heteroatoms. The number of aliphatic hydroxyl groups excluding tert-OH is 2. The van der Waals surface area contributed by atoms with Gasteiger partial charge in [-0.15, -0.1) is 0 Å². The molecular weight excluding hydrogens is 408 g/mol. The van der Waals surface area contributed by atoms with Crippen LogP contribution in [0.2, 0.25) is 0 Å². The first-order valence-electron chi connectivity index (χ1n) is 15.2. The topological polar surface area (TPSA) is 49.7 Å². The number of hydrogen-bond donors (Lipinski definition) is 2. The van der Waals surface area contributed by atoms with Crippen LogP contribution in [0.3, 0.4) is 0 Å². The molecule has 0 aromatic heterocycles. The molecule has 0 amide bonds. The number of aliphatic hydroxyl groups is 2. The highest BCUT2D eigenvalue weighted by Crippen LogP contribution is 2.15. The zero-order valence-corrected chi connectivity index (χ0v) is 22.7. The number of ether oxygens (including phenoxy) is 1. The predicted octanol–water partition coefficient (Wildman–Crippen LogP) is 9.13. The van der Waals surface area contributed by atoms with Gasteiger partial charge in [0, 0.05) is 6.61 Å². The van der Waals surface area contributed by atoms with Gasteiger partial charge >= 0.3 is 0 Å². The third kappa shape index (κ3) is 29.8. The van der Waals surface area contributed by atoms with Gasteiger partial charge in [0.05, 0.1) is 13.2 Å². The average Bonchev–Trinajstić information content (AvgIpc) is 2.83. The maximum absolute atomic E-state index is 9.18. The van der Waals surface area contributed by atoms with Crippen LogP contribution in [0.15, 0.2) is 0 Å². The van der Waals surface area contributed by atoms with Crippen LogP contribution in [0.5, 0.6) is 0 Å².